The van der Waals surface area contributed by atoms with Crippen LogP contribution in [-0.2, 0) is 0 Å². The molecule has 15 heavy (non-hydrogen) atoms. The molecule has 0 aliphatic heterocycles. The summed E-state index contributed by atoms with van der Waals surface area (Å²) in [5.41, 5.74) is 13.2. The molecular formula is C10H10N4S. The van der Waals surface area contributed by atoms with Crippen LogP contribution in [0.25, 0.3) is 11.1 Å². The second kappa shape index (κ2) is 3.70. The maximum absolute atomic E-state index is 5.81. The first-order valence-corrected chi connectivity index (χ1v) is 4.80. The van der Waals surface area contributed by atoms with Gasteiger partial charge in [0.15, 0.2) is 4.77 Å². The summed E-state index contributed by atoms with van der Waals surface area (Å²) in [6, 6.07) is 9.58. The van der Waals surface area contributed by atoms with Crippen molar-refractivity contribution in [2.45, 2.75) is 0 Å². The molecule has 76 valence electrons. The van der Waals surface area contributed by atoms with Crippen LogP contribution in [0.2, 0.25) is 0 Å². The Labute approximate surface area is 92.0 Å². The fourth-order valence-electron chi connectivity index (χ4n) is 1.42. The molecule has 4 nitrogen and oxygen atoms in total. The molecule has 1 aromatic heterocycles. The predicted molar refractivity (Wildman–Crippen MR) is 63.7 cm³/mol. The van der Waals surface area contributed by atoms with Crippen LogP contribution in [0.1, 0.15) is 0 Å². The zero-order valence-electron chi connectivity index (χ0n) is 7.90. The summed E-state index contributed by atoms with van der Waals surface area (Å²) in [6.45, 7) is 0. The lowest BCUT2D eigenvalue weighted by molar-refractivity contribution is 1.15. The van der Waals surface area contributed by atoms with Crippen LogP contribution in [0.3, 0.4) is 0 Å². The Bertz CT molecular complexity index is 507. The van der Waals surface area contributed by atoms with Gasteiger partial charge >= 0.3 is 0 Å². The summed E-state index contributed by atoms with van der Waals surface area (Å²) >= 11 is 4.87. The number of aromatic nitrogens is 2. The second-order valence-corrected chi connectivity index (χ2v) is 3.47. The van der Waals surface area contributed by atoms with Crippen LogP contribution in [-0.4, -0.2) is 9.97 Å². The first kappa shape index (κ1) is 9.67. The summed E-state index contributed by atoms with van der Waals surface area (Å²) in [6.07, 6.45) is 0. The van der Waals surface area contributed by atoms with Crippen molar-refractivity contribution in [2.24, 2.45) is 0 Å². The minimum atomic E-state index is 0.296. The Morgan fingerprint density at radius 2 is 1.80 bits per heavy atom. The third-order valence-corrected chi connectivity index (χ3v) is 2.24. The molecule has 2 aromatic rings. The highest BCUT2D eigenvalue weighted by Gasteiger charge is 2.07. The highest BCUT2D eigenvalue weighted by Crippen LogP contribution is 2.28. The molecule has 1 heterocycles. The molecule has 5 heteroatoms. The van der Waals surface area contributed by atoms with Crippen LogP contribution < -0.4 is 11.5 Å². The van der Waals surface area contributed by atoms with Gasteiger partial charge in [0.1, 0.15) is 11.6 Å². The zero-order valence-corrected chi connectivity index (χ0v) is 8.71. The summed E-state index contributed by atoms with van der Waals surface area (Å²) < 4.78 is 0.296. The number of rotatable bonds is 1. The third-order valence-electron chi connectivity index (χ3n) is 2.05. The zero-order chi connectivity index (χ0) is 10.8. The molecule has 0 saturated heterocycles. The number of H-pyrrole nitrogens is 1. The maximum atomic E-state index is 5.81. The molecular weight excluding hydrogens is 208 g/mol. The summed E-state index contributed by atoms with van der Waals surface area (Å²) in [5, 5.41) is 0. The van der Waals surface area contributed by atoms with E-state index < -0.39 is 0 Å². The lowest BCUT2D eigenvalue weighted by atomic mass is 10.1. The van der Waals surface area contributed by atoms with Gasteiger partial charge in [-0.1, -0.05) is 30.3 Å². The second-order valence-electron chi connectivity index (χ2n) is 3.08. The molecule has 0 bridgehead atoms. The van der Waals surface area contributed by atoms with Crippen molar-refractivity contribution in [3.63, 3.8) is 0 Å². The van der Waals surface area contributed by atoms with E-state index in [1.165, 1.54) is 0 Å². The fraction of sp³-hybridized carbons (Fsp3) is 0. The molecule has 0 atom stereocenters. The summed E-state index contributed by atoms with van der Waals surface area (Å²) in [7, 11) is 0. The molecule has 0 unspecified atom stereocenters. The summed E-state index contributed by atoms with van der Waals surface area (Å²) in [4.78, 5) is 6.75. The van der Waals surface area contributed by atoms with E-state index in [9.17, 15) is 0 Å². The normalized spacial score (nSPS) is 10.1. The average molecular weight is 218 g/mol. The third kappa shape index (κ3) is 1.82. The van der Waals surface area contributed by atoms with Crippen molar-refractivity contribution in [1.82, 2.24) is 9.97 Å². The molecule has 0 amide bonds. The summed E-state index contributed by atoms with van der Waals surface area (Å²) in [5.74, 6) is 0.793. The van der Waals surface area contributed by atoms with Gasteiger partial charge < -0.3 is 16.5 Å². The molecule has 5 N–H and O–H groups in total. The predicted octanol–water partition coefficient (Wildman–Crippen LogP) is 1.97. The van der Waals surface area contributed by atoms with Gasteiger partial charge in [0, 0.05) is 0 Å². The van der Waals surface area contributed by atoms with Crippen molar-refractivity contribution in [3.05, 3.63) is 35.1 Å². The largest absolute Gasteiger partial charge is 0.385 e. The van der Waals surface area contributed by atoms with Gasteiger partial charge in [-0.25, -0.2) is 4.98 Å². The van der Waals surface area contributed by atoms with Crippen LogP contribution in [0.4, 0.5) is 11.6 Å². The van der Waals surface area contributed by atoms with Gasteiger partial charge in [0.2, 0.25) is 0 Å². The van der Waals surface area contributed by atoms with Gasteiger partial charge in [-0.2, -0.15) is 0 Å². The Hall–Kier alpha value is -1.88. The Morgan fingerprint density at radius 3 is 2.40 bits per heavy atom. The van der Waals surface area contributed by atoms with Crippen LogP contribution >= 0.6 is 12.2 Å². The van der Waals surface area contributed by atoms with Crippen molar-refractivity contribution in [1.29, 1.82) is 0 Å². The average Bonchev–Trinajstić information content (AvgIpc) is 2.17. The number of nitrogens with one attached hydrogen (secondary N) is 1. The SMILES string of the molecule is Nc1nc(=S)[nH]c(N)c1-c1ccccc1. The maximum Gasteiger partial charge on any atom is 0.200 e. The molecule has 0 fully saturated rings. The molecule has 1 aromatic carbocycles. The van der Waals surface area contributed by atoms with E-state index in [4.69, 9.17) is 23.7 Å². The number of nitrogen functional groups attached to an aromatic ring is 2. The molecule has 2 rings (SSSR count). The highest BCUT2D eigenvalue weighted by molar-refractivity contribution is 7.71. The van der Waals surface area contributed by atoms with E-state index >= 15 is 0 Å². The molecule has 0 radical (unpaired) electrons. The van der Waals surface area contributed by atoms with Gasteiger partial charge in [-0.3, -0.25) is 0 Å². The number of aromatic amines is 1. The molecule has 0 aliphatic rings. The number of nitrogens with two attached hydrogens (primary N) is 2. The number of anilines is 2. The minimum absolute atomic E-state index is 0.296. The van der Waals surface area contributed by atoms with E-state index in [2.05, 4.69) is 9.97 Å². The van der Waals surface area contributed by atoms with Crippen molar-refractivity contribution in [2.75, 3.05) is 11.5 Å². The van der Waals surface area contributed by atoms with E-state index in [-0.39, 0.29) is 0 Å². The topological polar surface area (TPSA) is 80.7 Å². The van der Waals surface area contributed by atoms with Gasteiger partial charge in [0.05, 0.1) is 5.56 Å². The molecule has 0 spiro atoms. The Kier molecular flexibility index (Phi) is 2.39. The van der Waals surface area contributed by atoms with Gasteiger partial charge in [-0.05, 0) is 17.8 Å². The molecule has 0 aliphatic carbocycles. The van der Waals surface area contributed by atoms with Crippen molar-refractivity contribution >= 4 is 23.9 Å². The van der Waals surface area contributed by atoms with Crippen LogP contribution in [0.5, 0.6) is 0 Å². The monoisotopic (exact) mass is 218 g/mol. The quantitative estimate of drug-likeness (QED) is 0.639. The minimum Gasteiger partial charge on any atom is -0.385 e. The van der Waals surface area contributed by atoms with Gasteiger partial charge in [0.25, 0.3) is 0 Å². The highest BCUT2D eigenvalue weighted by atomic mass is 32.1. The van der Waals surface area contributed by atoms with Crippen molar-refractivity contribution in [3.8, 4) is 11.1 Å². The fourth-order valence-corrected chi connectivity index (χ4v) is 1.63. The Morgan fingerprint density at radius 1 is 1.13 bits per heavy atom. The van der Waals surface area contributed by atoms with Crippen molar-refractivity contribution < 1.29 is 0 Å². The van der Waals surface area contributed by atoms with Gasteiger partial charge in [-0.15, -0.1) is 0 Å². The Balaban J connectivity index is 2.69. The lowest BCUT2D eigenvalue weighted by Crippen LogP contribution is -2.02. The van der Waals surface area contributed by atoms with E-state index in [1.54, 1.807) is 0 Å². The van der Waals surface area contributed by atoms with E-state index in [0.717, 1.165) is 5.56 Å². The first-order chi connectivity index (χ1) is 7.18. The standard InChI is InChI=1S/C10H10N4S/c11-8-7(6-4-2-1-3-5-6)9(12)14-10(15)13-8/h1-5H,(H5,11,12,13,14,15). The number of nitrogens with zero attached hydrogens (tertiary/aromatic N) is 1. The first-order valence-electron chi connectivity index (χ1n) is 4.39. The van der Waals surface area contributed by atoms with Crippen LogP contribution in [0, 0.1) is 4.77 Å². The smallest absolute Gasteiger partial charge is 0.200 e. The molecule has 0 saturated carbocycles. The van der Waals surface area contributed by atoms with E-state index in [1.807, 2.05) is 30.3 Å². The number of benzene rings is 1. The number of hydrogen-bond acceptors (Lipinski definition) is 4. The number of hydrogen-bond donors (Lipinski definition) is 3. The lowest BCUT2D eigenvalue weighted by Gasteiger charge is -2.07. The van der Waals surface area contributed by atoms with E-state index in [0.29, 0.717) is 22.0 Å². The van der Waals surface area contributed by atoms with Crippen LogP contribution in [0.15, 0.2) is 30.3 Å².